The van der Waals surface area contributed by atoms with Gasteiger partial charge in [0.05, 0.1) is 19.1 Å². The SMILES string of the molecule is CCCCCC1COC(C2CCC(C3CCC(C(F)(F)Oc4ccc(-c5ccc(Cl)cc5)c(F)c4)CC3)CC2)OC1. The molecule has 0 aromatic heterocycles. The first-order valence-electron chi connectivity index (χ1n) is 15.7. The van der Waals surface area contributed by atoms with Gasteiger partial charge in [0.15, 0.2) is 6.29 Å². The third-order valence-electron chi connectivity index (χ3n) is 9.67. The molecular formula is C34H44ClF3O3. The van der Waals surface area contributed by atoms with Crippen LogP contribution in [0.25, 0.3) is 11.1 Å². The summed E-state index contributed by atoms with van der Waals surface area (Å²) in [5.74, 6) is 0.434. The smallest absolute Gasteiger partial charge is 0.400 e. The molecule has 2 saturated carbocycles. The zero-order chi connectivity index (χ0) is 28.8. The van der Waals surface area contributed by atoms with E-state index >= 15 is 8.78 Å². The molecule has 7 heteroatoms. The van der Waals surface area contributed by atoms with Crippen LogP contribution in [0.1, 0.15) is 84.0 Å². The Labute approximate surface area is 248 Å². The zero-order valence-electron chi connectivity index (χ0n) is 24.1. The van der Waals surface area contributed by atoms with Crippen molar-refractivity contribution in [3.8, 4) is 16.9 Å². The predicted octanol–water partition coefficient (Wildman–Crippen LogP) is 10.3. The molecule has 0 N–H and O–H groups in total. The molecule has 226 valence electrons. The van der Waals surface area contributed by atoms with E-state index in [0.29, 0.717) is 52.7 Å². The molecule has 0 bridgehead atoms. The lowest BCUT2D eigenvalue weighted by Crippen LogP contribution is -2.40. The minimum atomic E-state index is -3.33. The number of alkyl halides is 2. The van der Waals surface area contributed by atoms with Crippen LogP contribution < -0.4 is 4.74 Å². The molecule has 41 heavy (non-hydrogen) atoms. The summed E-state index contributed by atoms with van der Waals surface area (Å²) in [6, 6.07) is 10.7. The molecule has 1 heterocycles. The Balaban J connectivity index is 1.05. The van der Waals surface area contributed by atoms with Crippen molar-refractivity contribution in [1.29, 1.82) is 0 Å². The lowest BCUT2D eigenvalue weighted by Gasteiger charge is -2.41. The average Bonchev–Trinajstić information content (AvgIpc) is 2.98. The summed E-state index contributed by atoms with van der Waals surface area (Å²) in [4.78, 5) is 0. The molecule has 2 aromatic carbocycles. The minimum absolute atomic E-state index is 0.0740. The highest BCUT2D eigenvalue weighted by Crippen LogP contribution is 2.46. The topological polar surface area (TPSA) is 27.7 Å². The number of unbranched alkanes of at least 4 members (excludes halogenated alkanes) is 2. The third-order valence-corrected chi connectivity index (χ3v) is 9.93. The van der Waals surface area contributed by atoms with Gasteiger partial charge in [-0.1, -0.05) is 49.9 Å². The highest BCUT2D eigenvalue weighted by molar-refractivity contribution is 6.30. The van der Waals surface area contributed by atoms with E-state index in [2.05, 4.69) is 6.92 Å². The molecule has 1 saturated heterocycles. The summed E-state index contributed by atoms with van der Waals surface area (Å²) in [6.07, 6.45) is 8.40. The van der Waals surface area contributed by atoms with Crippen LogP contribution in [0, 0.1) is 35.4 Å². The Bertz CT molecular complexity index is 1090. The molecule has 5 rings (SSSR count). The standard InChI is InChI=1S/C34H44ClF3O3/c1-2-3-4-5-23-21-39-33(40-22-23)27-8-6-24(7-9-27)25-10-14-28(15-11-25)34(37,38)41-30-18-19-31(32(36)20-30)26-12-16-29(35)17-13-26/h12-13,16-20,23-25,27-28,33H,2-11,14-15,21-22H2,1H3. The van der Waals surface area contributed by atoms with Crippen molar-refractivity contribution in [2.75, 3.05) is 13.2 Å². The Hall–Kier alpha value is -1.76. The summed E-state index contributed by atoms with van der Waals surface area (Å²) in [5.41, 5.74) is 0.948. The molecular weight excluding hydrogens is 549 g/mol. The van der Waals surface area contributed by atoms with Crippen molar-refractivity contribution >= 4 is 11.6 Å². The van der Waals surface area contributed by atoms with Crippen LogP contribution in [0.2, 0.25) is 5.02 Å². The molecule has 1 aliphatic heterocycles. The van der Waals surface area contributed by atoms with Gasteiger partial charge < -0.3 is 14.2 Å². The highest BCUT2D eigenvalue weighted by atomic mass is 35.5. The van der Waals surface area contributed by atoms with Crippen LogP contribution in [0.5, 0.6) is 5.75 Å². The van der Waals surface area contributed by atoms with Gasteiger partial charge in [0.2, 0.25) is 0 Å². The number of halogens is 4. The van der Waals surface area contributed by atoms with Crippen LogP contribution in [0.3, 0.4) is 0 Å². The maximum absolute atomic E-state index is 15.1. The fourth-order valence-electron chi connectivity index (χ4n) is 7.16. The van der Waals surface area contributed by atoms with E-state index in [-0.39, 0.29) is 12.0 Å². The Morgan fingerprint density at radius 1 is 0.829 bits per heavy atom. The van der Waals surface area contributed by atoms with Gasteiger partial charge in [0.1, 0.15) is 11.6 Å². The van der Waals surface area contributed by atoms with E-state index in [1.165, 1.54) is 37.8 Å². The van der Waals surface area contributed by atoms with Crippen molar-refractivity contribution < 1.29 is 27.4 Å². The lowest BCUT2D eigenvalue weighted by molar-refractivity contribution is -0.232. The van der Waals surface area contributed by atoms with Gasteiger partial charge >= 0.3 is 6.11 Å². The van der Waals surface area contributed by atoms with Crippen molar-refractivity contribution in [2.24, 2.45) is 29.6 Å². The lowest BCUT2D eigenvalue weighted by atomic mass is 9.69. The molecule has 2 aromatic rings. The molecule has 0 atom stereocenters. The number of hydrogen-bond donors (Lipinski definition) is 0. The van der Waals surface area contributed by atoms with Gasteiger partial charge in [0.25, 0.3) is 0 Å². The van der Waals surface area contributed by atoms with Gasteiger partial charge in [-0.15, -0.1) is 0 Å². The molecule has 0 radical (unpaired) electrons. The zero-order valence-corrected chi connectivity index (χ0v) is 24.9. The number of rotatable bonds is 10. The normalized spacial score (nSPS) is 29.3. The first-order valence-corrected chi connectivity index (χ1v) is 16.1. The van der Waals surface area contributed by atoms with Gasteiger partial charge in [-0.05, 0) is 99.5 Å². The molecule has 0 spiro atoms. The van der Waals surface area contributed by atoms with Crippen molar-refractivity contribution in [3.05, 3.63) is 53.3 Å². The number of ether oxygens (including phenoxy) is 3. The van der Waals surface area contributed by atoms with Gasteiger partial charge in [0, 0.05) is 28.5 Å². The summed E-state index contributed by atoms with van der Waals surface area (Å²) in [7, 11) is 0. The fraction of sp³-hybridized carbons (Fsp3) is 0.647. The van der Waals surface area contributed by atoms with Gasteiger partial charge in [-0.2, -0.15) is 8.78 Å². The maximum atomic E-state index is 15.1. The Kier molecular flexibility index (Phi) is 10.6. The van der Waals surface area contributed by atoms with Gasteiger partial charge in [-0.3, -0.25) is 0 Å². The van der Waals surface area contributed by atoms with Crippen LogP contribution >= 0.6 is 11.6 Å². The molecule has 0 amide bonds. The molecule has 0 unspecified atom stereocenters. The van der Waals surface area contributed by atoms with Crippen LogP contribution in [-0.4, -0.2) is 25.6 Å². The van der Waals surface area contributed by atoms with Crippen molar-refractivity contribution in [2.45, 2.75) is 96.4 Å². The summed E-state index contributed by atoms with van der Waals surface area (Å²) in [5, 5.41) is 0.547. The Morgan fingerprint density at radius 2 is 1.44 bits per heavy atom. The van der Waals surface area contributed by atoms with E-state index in [4.69, 9.17) is 25.8 Å². The second kappa shape index (κ2) is 14.1. The summed E-state index contributed by atoms with van der Waals surface area (Å²) < 4.78 is 62.4. The van der Waals surface area contributed by atoms with Crippen LogP contribution in [0.4, 0.5) is 13.2 Å². The number of benzene rings is 2. The molecule has 3 fully saturated rings. The maximum Gasteiger partial charge on any atom is 0.400 e. The van der Waals surface area contributed by atoms with Crippen molar-refractivity contribution in [3.63, 3.8) is 0 Å². The quantitative estimate of drug-likeness (QED) is 0.257. The number of hydrogen-bond acceptors (Lipinski definition) is 3. The van der Waals surface area contributed by atoms with Crippen LogP contribution in [-0.2, 0) is 9.47 Å². The van der Waals surface area contributed by atoms with Crippen molar-refractivity contribution in [1.82, 2.24) is 0 Å². The second-order valence-corrected chi connectivity index (χ2v) is 12.9. The van der Waals surface area contributed by atoms with E-state index in [9.17, 15) is 4.39 Å². The summed E-state index contributed by atoms with van der Waals surface area (Å²) >= 11 is 5.91. The highest BCUT2D eigenvalue weighted by Gasteiger charge is 2.45. The average molecular weight is 593 g/mol. The third kappa shape index (κ3) is 8.00. The Morgan fingerprint density at radius 3 is 2.05 bits per heavy atom. The van der Waals surface area contributed by atoms with E-state index in [1.54, 1.807) is 24.3 Å². The van der Waals surface area contributed by atoms with Crippen LogP contribution in [0.15, 0.2) is 42.5 Å². The minimum Gasteiger partial charge on any atom is -0.432 e. The van der Waals surface area contributed by atoms with E-state index < -0.39 is 17.8 Å². The summed E-state index contributed by atoms with van der Waals surface area (Å²) in [6.45, 7) is 3.85. The predicted molar refractivity (Wildman–Crippen MR) is 157 cm³/mol. The molecule has 3 nitrogen and oxygen atoms in total. The van der Waals surface area contributed by atoms with Gasteiger partial charge in [-0.25, -0.2) is 4.39 Å². The molecule has 2 aliphatic carbocycles. The van der Waals surface area contributed by atoms with E-state index in [0.717, 1.165) is 57.8 Å². The molecule has 3 aliphatic rings. The fourth-order valence-corrected chi connectivity index (χ4v) is 7.28. The van der Waals surface area contributed by atoms with E-state index in [1.807, 2.05) is 0 Å². The second-order valence-electron chi connectivity index (χ2n) is 12.5. The first kappa shape index (κ1) is 30.7. The largest absolute Gasteiger partial charge is 0.432 e. The monoisotopic (exact) mass is 592 g/mol. The first-order chi connectivity index (χ1) is 19.8.